The van der Waals surface area contributed by atoms with E-state index in [0.717, 1.165) is 6.26 Å². The van der Waals surface area contributed by atoms with Crippen molar-refractivity contribution in [3.05, 3.63) is 0 Å². The standard InChI is InChI=1S/C12H20O7S/c1-8-5-12(10(13)17-2,11(14)18-3)6-9(8)7-19-20(4,15)16/h8-9H,5-7H2,1-4H3/t8-,9+/m0/s1. The summed E-state index contributed by atoms with van der Waals surface area (Å²) >= 11 is 0. The van der Waals surface area contributed by atoms with Crippen LogP contribution in [0.15, 0.2) is 0 Å². The molecule has 1 aliphatic rings. The van der Waals surface area contributed by atoms with Crippen molar-refractivity contribution in [2.45, 2.75) is 19.8 Å². The largest absolute Gasteiger partial charge is 0.468 e. The lowest BCUT2D eigenvalue weighted by Gasteiger charge is -2.23. The molecule has 20 heavy (non-hydrogen) atoms. The van der Waals surface area contributed by atoms with Gasteiger partial charge in [-0.3, -0.25) is 13.8 Å². The Morgan fingerprint density at radius 2 is 1.65 bits per heavy atom. The number of carbonyl (C=O) groups excluding carboxylic acids is 2. The Kier molecular flexibility index (Phi) is 5.15. The summed E-state index contributed by atoms with van der Waals surface area (Å²) in [5.41, 5.74) is -1.37. The summed E-state index contributed by atoms with van der Waals surface area (Å²) in [6.45, 7) is 1.78. The second kappa shape index (κ2) is 6.09. The van der Waals surface area contributed by atoms with Crippen molar-refractivity contribution in [2.24, 2.45) is 17.3 Å². The number of hydrogen-bond acceptors (Lipinski definition) is 7. The molecular weight excluding hydrogens is 288 g/mol. The number of hydrogen-bond donors (Lipinski definition) is 0. The molecule has 116 valence electrons. The van der Waals surface area contributed by atoms with Gasteiger partial charge in [0, 0.05) is 0 Å². The summed E-state index contributed by atoms with van der Waals surface area (Å²) in [5.74, 6) is -1.60. The van der Waals surface area contributed by atoms with Gasteiger partial charge in [-0.2, -0.15) is 8.42 Å². The van der Waals surface area contributed by atoms with E-state index in [0.29, 0.717) is 0 Å². The molecule has 2 atom stereocenters. The van der Waals surface area contributed by atoms with Crippen LogP contribution in [0.4, 0.5) is 0 Å². The molecule has 1 aliphatic carbocycles. The van der Waals surface area contributed by atoms with E-state index in [1.807, 2.05) is 6.92 Å². The molecule has 0 bridgehead atoms. The van der Waals surface area contributed by atoms with Crippen molar-refractivity contribution in [1.82, 2.24) is 0 Å². The fraction of sp³-hybridized carbons (Fsp3) is 0.833. The van der Waals surface area contributed by atoms with E-state index in [2.05, 4.69) is 0 Å². The maximum Gasteiger partial charge on any atom is 0.323 e. The SMILES string of the molecule is COC(=O)C1(C(=O)OC)C[C@H](COS(C)(=O)=O)[C@@H](C)C1. The highest BCUT2D eigenvalue weighted by molar-refractivity contribution is 7.85. The van der Waals surface area contributed by atoms with Gasteiger partial charge in [0.15, 0.2) is 5.41 Å². The lowest BCUT2D eigenvalue weighted by molar-refractivity contribution is -0.169. The highest BCUT2D eigenvalue weighted by Crippen LogP contribution is 2.47. The topological polar surface area (TPSA) is 96.0 Å². The van der Waals surface area contributed by atoms with Gasteiger partial charge in [-0.1, -0.05) is 6.92 Å². The van der Waals surface area contributed by atoms with E-state index in [4.69, 9.17) is 13.7 Å². The Hall–Kier alpha value is -1.15. The molecule has 0 aromatic carbocycles. The molecule has 0 heterocycles. The molecule has 0 saturated heterocycles. The number of rotatable bonds is 5. The summed E-state index contributed by atoms with van der Waals surface area (Å²) in [6, 6.07) is 0. The monoisotopic (exact) mass is 308 g/mol. The van der Waals surface area contributed by atoms with Gasteiger partial charge in [0.05, 0.1) is 27.1 Å². The molecular formula is C12H20O7S. The fourth-order valence-corrected chi connectivity index (χ4v) is 3.11. The predicted octanol–water partition coefficient (Wildman–Crippen LogP) is 0.341. The maximum atomic E-state index is 11.9. The average Bonchev–Trinajstić information content (AvgIpc) is 2.72. The van der Waals surface area contributed by atoms with Gasteiger partial charge in [0.2, 0.25) is 0 Å². The third-order valence-electron chi connectivity index (χ3n) is 3.73. The van der Waals surface area contributed by atoms with E-state index in [-0.39, 0.29) is 31.3 Å². The number of carbonyl (C=O) groups is 2. The van der Waals surface area contributed by atoms with Gasteiger partial charge < -0.3 is 9.47 Å². The van der Waals surface area contributed by atoms with Gasteiger partial charge in [-0.25, -0.2) is 0 Å². The van der Waals surface area contributed by atoms with Crippen molar-refractivity contribution in [3.63, 3.8) is 0 Å². The molecule has 0 unspecified atom stereocenters. The molecule has 0 radical (unpaired) electrons. The Balaban J connectivity index is 2.92. The van der Waals surface area contributed by atoms with Gasteiger partial charge in [0.25, 0.3) is 10.1 Å². The minimum Gasteiger partial charge on any atom is -0.468 e. The third-order valence-corrected chi connectivity index (χ3v) is 4.30. The van der Waals surface area contributed by atoms with Crippen LogP contribution in [-0.2, 0) is 33.4 Å². The van der Waals surface area contributed by atoms with Crippen LogP contribution in [0.5, 0.6) is 0 Å². The van der Waals surface area contributed by atoms with E-state index in [9.17, 15) is 18.0 Å². The maximum absolute atomic E-state index is 11.9. The zero-order valence-corrected chi connectivity index (χ0v) is 12.9. The van der Waals surface area contributed by atoms with E-state index in [1.54, 1.807) is 0 Å². The van der Waals surface area contributed by atoms with Crippen molar-refractivity contribution in [1.29, 1.82) is 0 Å². The van der Waals surface area contributed by atoms with Gasteiger partial charge in [-0.05, 0) is 24.7 Å². The molecule has 1 saturated carbocycles. The van der Waals surface area contributed by atoms with E-state index >= 15 is 0 Å². The van der Waals surface area contributed by atoms with Crippen molar-refractivity contribution in [3.8, 4) is 0 Å². The molecule has 0 amide bonds. The van der Waals surface area contributed by atoms with Gasteiger partial charge in [0.1, 0.15) is 0 Å². The van der Waals surface area contributed by atoms with Gasteiger partial charge >= 0.3 is 11.9 Å². The predicted molar refractivity (Wildman–Crippen MR) is 69.1 cm³/mol. The first-order chi connectivity index (χ1) is 9.16. The summed E-state index contributed by atoms with van der Waals surface area (Å²) in [7, 11) is -1.14. The molecule has 8 heteroatoms. The Morgan fingerprint density at radius 1 is 1.15 bits per heavy atom. The van der Waals surface area contributed by atoms with Crippen LogP contribution >= 0.6 is 0 Å². The quantitative estimate of drug-likeness (QED) is 0.410. The lowest BCUT2D eigenvalue weighted by atomic mass is 9.85. The molecule has 1 rings (SSSR count). The number of esters is 2. The van der Waals surface area contributed by atoms with Crippen LogP contribution in [0, 0.1) is 17.3 Å². The van der Waals surface area contributed by atoms with E-state index < -0.39 is 27.5 Å². The molecule has 0 aromatic rings. The van der Waals surface area contributed by atoms with Crippen LogP contribution in [0.1, 0.15) is 19.8 Å². The van der Waals surface area contributed by atoms with Crippen molar-refractivity contribution in [2.75, 3.05) is 27.1 Å². The fourth-order valence-electron chi connectivity index (χ4n) is 2.69. The Morgan fingerprint density at radius 3 is 2.05 bits per heavy atom. The smallest absolute Gasteiger partial charge is 0.323 e. The molecule has 0 spiro atoms. The highest BCUT2D eigenvalue weighted by atomic mass is 32.2. The zero-order valence-electron chi connectivity index (χ0n) is 12.0. The lowest BCUT2D eigenvalue weighted by Crippen LogP contribution is -2.39. The first-order valence-electron chi connectivity index (χ1n) is 6.17. The van der Waals surface area contributed by atoms with Crippen LogP contribution in [-0.4, -0.2) is 47.4 Å². The minimum atomic E-state index is -3.56. The average molecular weight is 308 g/mol. The Labute approximate surface area is 118 Å². The van der Waals surface area contributed by atoms with Gasteiger partial charge in [-0.15, -0.1) is 0 Å². The number of methoxy groups -OCH3 is 2. The van der Waals surface area contributed by atoms with Crippen LogP contribution in [0.2, 0.25) is 0 Å². The van der Waals surface area contributed by atoms with Crippen LogP contribution in [0.25, 0.3) is 0 Å². The first-order valence-corrected chi connectivity index (χ1v) is 7.99. The zero-order chi connectivity index (χ0) is 15.6. The van der Waals surface area contributed by atoms with E-state index in [1.165, 1.54) is 14.2 Å². The minimum absolute atomic E-state index is 0.0598. The second-order valence-corrected chi connectivity index (χ2v) is 6.84. The molecule has 0 aliphatic heterocycles. The van der Waals surface area contributed by atoms with Crippen LogP contribution in [0.3, 0.4) is 0 Å². The summed E-state index contributed by atoms with van der Waals surface area (Å²) in [4.78, 5) is 23.9. The summed E-state index contributed by atoms with van der Waals surface area (Å²) in [5, 5.41) is 0. The summed E-state index contributed by atoms with van der Waals surface area (Å²) < 4.78 is 36.2. The highest BCUT2D eigenvalue weighted by Gasteiger charge is 2.56. The Bertz CT molecular complexity index is 466. The molecule has 0 aromatic heterocycles. The summed E-state index contributed by atoms with van der Waals surface area (Å²) in [6.07, 6.45) is 1.37. The molecule has 0 N–H and O–H groups in total. The third kappa shape index (κ3) is 3.49. The molecule has 7 nitrogen and oxygen atoms in total. The van der Waals surface area contributed by atoms with Crippen molar-refractivity contribution < 1.29 is 31.7 Å². The first kappa shape index (κ1) is 16.9. The molecule has 1 fully saturated rings. The normalized spacial score (nSPS) is 25.2. The van der Waals surface area contributed by atoms with Crippen molar-refractivity contribution >= 4 is 22.1 Å². The second-order valence-electron chi connectivity index (χ2n) is 5.20. The number of ether oxygens (including phenoxy) is 2. The van der Waals surface area contributed by atoms with Crippen LogP contribution < -0.4 is 0 Å².